The normalized spacial score (nSPS) is 10.6. The molecule has 6 heteroatoms. The molecular formula is C20H9Cl4O2. The van der Waals surface area contributed by atoms with E-state index in [0.717, 1.165) is 0 Å². The van der Waals surface area contributed by atoms with Crippen molar-refractivity contribution in [1.29, 1.82) is 0 Å². The Morgan fingerprint density at radius 1 is 0.654 bits per heavy atom. The minimum Gasteiger partial charge on any atom is -0.288 e. The molecule has 129 valence electrons. The SMILES string of the molecule is O=C(c1[c]cccc1C(=O)c1c(Cl)cccc1Cl)c1c(Cl)cccc1Cl. The maximum Gasteiger partial charge on any atom is 0.197 e. The fraction of sp³-hybridized carbons (Fsp3) is 0. The smallest absolute Gasteiger partial charge is 0.197 e. The van der Waals surface area contributed by atoms with Crippen molar-refractivity contribution >= 4 is 58.0 Å². The highest BCUT2D eigenvalue weighted by Crippen LogP contribution is 2.31. The lowest BCUT2D eigenvalue weighted by molar-refractivity contribution is 0.100. The Kier molecular flexibility index (Phi) is 5.69. The van der Waals surface area contributed by atoms with E-state index in [1.54, 1.807) is 42.5 Å². The van der Waals surface area contributed by atoms with Gasteiger partial charge >= 0.3 is 0 Å². The Hall–Kier alpha value is -1.84. The maximum atomic E-state index is 13.0. The van der Waals surface area contributed by atoms with E-state index in [4.69, 9.17) is 46.4 Å². The summed E-state index contributed by atoms with van der Waals surface area (Å²) < 4.78 is 0. The first-order valence-corrected chi connectivity index (χ1v) is 8.91. The zero-order valence-corrected chi connectivity index (χ0v) is 16.0. The summed E-state index contributed by atoms with van der Waals surface area (Å²) in [5.41, 5.74) is 0.388. The van der Waals surface area contributed by atoms with E-state index in [1.165, 1.54) is 12.1 Å². The quantitative estimate of drug-likeness (QED) is 0.446. The zero-order valence-electron chi connectivity index (χ0n) is 13.0. The maximum absolute atomic E-state index is 13.0. The first kappa shape index (κ1) is 18.9. The third-order valence-electron chi connectivity index (χ3n) is 3.71. The van der Waals surface area contributed by atoms with Crippen molar-refractivity contribution in [3.05, 3.63) is 103 Å². The van der Waals surface area contributed by atoms with Gasteiger partial charge in [-0.15, -0.1) is 0 Å². The fourth-order valence-corrected chi connectivity index (χ4v) is 3.64. The summed E-state index contributed by atoms with van der Waals surface area (Å²) in [4.78, 5) is 26.0. The van der Waals surface area contributed by atoms with Gasteiger partial charge in [-0.3, -0.25) is 9.59 Å². The molecule has 0 bridgehead atoms. The van der Waals surface area contributed by atoms with Crippen LogP contribution in [0.1, 0.15) is 31.8 Å². The summed E-state index contributed by atoms with van der Waals surface area (Å²) in [7, 11) is 0. The van der Waals surface area contributed by atoms with E-state index in [9.17, 15) is 9.59 Å². The molecule has 1 radical (unpaired) electrons. The summed E-state index contributed by atoms with van der Waals surface area (Å²) in [6.45, 7) is 0. The summed E-state index contributed by atoms with van der Waals surface area (Å²) in [5.74, 6) is -0.989. The van der Waals surface area contributed by atoms with Crippen molar-refractivity contribution in [2.45, 2.75) is 0 Å². The van der Waals surface area contributed by atoms with Gasteiger partial charge < -0.3 is 0 Å². The first-order valence-electron chi connectivity index (χ1n) is 7.40. The number of benzene rings is 3. The predicted molar refractivity (Wildman–Crippen MR) is 105 cm³/mol. The van der Waals surface area contributed by atoms with Crippen molar-refractivity contribution in [3.8, 4) is 0 Å². The van der Waals surface area contributed by atoms with E-state index in [1.807, 2.05) is 0 Å². The van der Waals surface area contributed by atoms with Crippen molar-refractivity contribution in [3.63, 3.8) is 0 Å². The molecule has 3 aromatic carbocycles. The molecule has 0 atom stereocenters. The van der Waals surface area contributed by atoms with Gasteiger partial charge in [0, 0.05) is 11.1 Å². The van der Waals surface area contributed by atoms with E-state index in [0.29, 0.717) is 0 Å². The van der Waals surface area contributed by atoms with Gasteiger partial charge in [0.2, 0.25) is 0 Å². The van der Waals surface area contributed by atoms with Crippen molar-refractivity contribution in [2.24, 2.45) is 0 Å². The van der Waals surface area contributed by atoms with E-state index < -0.39 is 11.6 Å². The minimum atomic E-state index is -0.507. The van der Waals surface area contributed by atoms with Gasteiger partial charge in [0.15, 0.2) is 11.6 Å². The molecule has 0 fully saturated rings. The number of ketones is 2. The number of hydrogen-bond donors (Lipinski definition) is 0. The Bertz CT molecular complexity index is 905. The molecular weight excluding hydrogens is 414 g/mol. The largest absolute Gasteiger partial charge is 0.288 e. The fourth-order valence-electron chi connectivity index (χ4n) is 2.50. The Balaban J connectivity index is 2.16. The molecule has 0 heterocycles. The molecule has 0 aromatic heterocycles. The average molecular weight is 423 g/mol. The zero-order chi connectivity index (χ0) is 18.8. The Morgan fingerprint density at radius 2 is 1.12 bits per heavy atom. The summed E-state index contributed by atoms with van der Waals surface area (Å²) >= 11 is 24.5. The molecule has 0 aliphatic heterocycles. The monoisotopic (exact) mass is 421 g/mol. The van der Waals surface area contributed by atoms with Crippen molar-refractivity contribution in [1.82, 2.24) is 0 Å². The van der Waals surface area contributed by atoms with Crippen LogP contribution in [0.2, 0.25) is 20.1 Å². The molecule has 3 rings (SSSR count). The number of carbonyl (C=O) groups is 2. The lowest BCUT2D eigenvalue weighted by atomic mass is 9.93. The van der Waals surface area contributed by atoms with Crippen LogP contribution >= 0.6 is 46.4 Å². The van der Waals surface area contributed by atoms with Crippen LogP contribution < -0.4 is 0 Å². The second-order valence-electron chi connectivity index (χ2n) is 5.31. The van der Waals surface area contributed by atoms with Gasteiger partial charge in [-0.25, -0.2) is 0 Å². The van der Waals surface area contributed by atoms with Crippen LogP contribution in [0, 0.1) is 6.07 Å². The topological polar surface area (TPSA) is 34.1 Å². The van der Waals surface area contributed by atoms with E-state index >= 15 is 0 Å². The highest BCUT2D eigenvalue weighted by Gasteiger charge is 2.25. The molecule has 0 saturated carbocycles. The second kappa shape index (κ2) is 7.81. The molecule has 0 spiro atoms. The average Bonchev–Trinajstić information content (AvgIpc) is 2.61. The minimum absolute atomic E-state index is 0.0449. The van der Waals surface area contributed by atoms with Crippen molar-refractivity contribution < 1.29 is 9.59 Å². The standard InChI is InChI=1S/C20H9Cl4O2/c21-13-7-3-8-14(22)17(13)19(25)11-5-1-2-6-12(11)20(26)18-15(23)9-4-10-16(18)24/h1-5,7-10H. The van der Waals surface area contributed by atoms with Gasteiger partial charge in [0.05, 0.1) is 31.2 Å². The summed E-state index contributed by atoms with van der Waals surface area (Å²) in [6, 6.07) is 16.9. The predicted octanol–water partition coefficient (Wildman–Crippen LogP) is 6.56. The Morgan fingerprint density at radius 3 is 1.62 bits per heavy atom. The third kappa shape index (κ3) is 3.51. The number of hydrogen-bond acceptors (Lipinski definition) is 2. The van der Waals surface area contributed by atoms with Gasteiger partial charge in [0.25, 0.3) is 0 Å². The first-order chi connectivity index (χ1) is 12.4. The van der Waals surface area contributed by atoms with Gasteiger partial charge in [-0.1, -0.05) is 76.7 Å². The molecule has 0 N–H and O–H groups in total. The molecule has 0 aliphatic carbocycles. The van der Waals surface area contributed by atoms with Crippen LogP contribution in [0.25, 0.3) is 0 Å². The highest BCUT2D eigenvalue weighted by atomic mass is 35.5. The number of halogens is 4. The van der Waals surface area contributed by atoms with Crippen molar-refractivity contribution in [2.75, 3.05) is 0 Å². The van der Waals surface area contributed by atoms with E-state index in [2.05, 4.69) is 6.07 Å². The van der Waals surface area contributed by atoms with Crippen LogP contribution in [0.15, 0.2) is 54.6 Å². The van der Waals surface area contributed by atoms with Gasteiger partial charge in [-0.05, 0) is 30.3 Å². The number of rotatable bonds is 4. The highest BCUT2D eigenvalue weighted by molar-refractivity contribution is 6.43. The van der Waals surface area contributed by atoms with E-state index in [-0.39, 0.29) is 42.3 Å². The van der Waals surface area contributed by atoms with Crippen LogP contribution in [-0.4, -0.2) is 11.6 Å². The van der Waals surface area contributed by atoms with Crippen LogP contribution in [0.4, 0.5) is 0 Å². The molecule has 0 saturated heterocycles. The third-order valence-corrected chi connectivity index (χ3v) is 4.97. The summed E-state index contributed by atoms with van der Waals surface area (Å²) in [6.07, 6.45) is 0. The molecule has 0 amide bonds. The molecule has 3 aromatic rings. The number of carbonyl (C=O) groups excluding carboxylic acids is 2. The van der Waals surface area contributed by atoms with Crippen LogP contribution in [0.5, 0.6) is 0 Å². The second-order valence-corrected chi connectivity index (χ2v) is 6.94. The van der Waals surface area contributed by atoms with Crippen LogP contribution in [0.3, 0.4) is 0 Å². The van der Waals surface area contributed by atoms with Gasteiger partial charge in [-0.2, -0.15) is 0 Å². The lowest BCUT2D eigenvalue weighted by Gasteiger charge is -2.11. The molecule has 0 unspecified atom stereocenters. The molecule has 26 heavy (non-hydrogen) atoms. The molecule has 0 aliphatic rings. The molecule has 2 nitrogen and oxygen atoms in total. The summed E-state index contributed by atoms with van der Waals surface area (Å²) in [5, 5.41) is 0.768. The Labute approximate surface area is 170 Å². The lowest BCUT2D eigenvalue weighted by Crippen LogP contribution is -2.13. The van der Waals surface area contributed by atoms with Gasteiger partial charge in [0.1, 0.15) is 0 Å². The van der Waals surface area contributed by atoms with Crippen LogP contribution in [-0.2, 0) is 0 Å².